The highest BCUT2D eigenvalue weighted by Gasteiger charge is 2.38. The van der Waals surface area contributed by atoms with Gasteiger partial charge < -0.3 is 14.8 Å². The molecule has 7 heteroatoms. The van der Waals surface area contributed by atoms with Crippen LogP contribution >= 0.6 is 0 Å². The van der Waals surface area contributed by atoms with Gasteiger partial charge in [-0.15, -0.1) is 0 Å². The van der Waals surface area contributed by atoms with Crippen LogP contribution in [0.2, 0.25) is 0 Å². The molecule has 1 aromatic carbocycles. The van der Waals surface area contributed by atoms with Crippen molar-refractivity contribution in [3.8, 4) is 11.5 Å². The van der Waals surface area contributed by atoms with Crippen molar-refractivity contribution >= 4 is 10.0 Å². The van der Waals surface area contributed by atoms with Crippen LogP contribution in [0.5, 0.6) is 11.5 Å². The average Bonchev–Trinajstić information content (AvgIpc) is 2.90. The van der Waals surface area contributed by atoms with E-state index >= 15 is 0 Å². The van der Waals surface area contributed by atoms with Crippen molar-refractivity contribution < 1.29 is 17.9 Å². The lowest BCUT2D eigenvalue weighted by molar-refractivity contribution is 0.228. The summed E-state index contributed by atoms with van der Waals surface area (Å²) in [5.41, 5.74) is 0. The number of hydrogen-bond acceptors (Lipinski definition) is 5. The molecule has 126 valence electrons. The fourth-order valence-corrected chi connectivity index (χ4v) is 5.20. The fraction of sp³-hybridized carbons (Fsp3) is 0.625. The summed E-state index contributed by atoms with van der Waals surface area (Å²) in [6, 6.07) is 4.94. The van der Waals surface area contributed by atoms with Crippen molar-refractivity contribution in [3.63, 3.8) is 0 Å². The summed E-state index contributed by atoms with van der Waals surface area (Å²) in [6.07, 6.45) is 1.74. The summed E-state index contributed by atoms with van der Waals surface area (Å²) in [5.74, 6) is 2.20. The minimum absolute atomic E-state index is 0.297. The standard InChI is InChI=1S/C16H22N2O4S/c19-23(20,18-5-4-12-9-17-10-13(12)11-18)14-2-3-15-16(8-14)22-7-1-6-21-15/h2-3,8,12-13,17H,1,4-7,9-11H2. The zero-order chi connectivity index (χ0) is 15.9. The highest BCUT2D eigenvalue weighted by molar-refractivity contribution is 7.89. The third-order valence-electron chi connectivity index (χ3n) is 5.02. The number of sulfonamides is 1. The summed E-state index contributed by atoms with van der Waals surface area (Å²) in [4.78, 5) is 0.297. The molecule has 4 rings (SSSR count). The van der Waals surface area contributed by atoms with Crippen molar-refractivity contribution in [1.82, 2.24) is 9.62 Å². The minimum Gasteiger partial charge on any atom is -0.490 e. The summed E-state index contributed by atoms with van der Waals surface area (Å²) in [5, 5.41) is 3.37. The predicted octanol–water partition coefficient (Wildman–Crippen LogP) is 1.08. The van der Waals surface area contributed by atoms with Crippen LogP contribution in [0, 0.1) is 11.8 Å². The molecule has 23 heavy (non-hydrogen) atoms. The van der Waals surface area contributed by atoms with E-state index in [2.05, 4.69) is 5.32 Å². The molecular weight excluding hydrogens is 316 g/mol. The van der Waals surface area contributed by atoms with Crippen LogP contribution in [0.25, 0.3) is 0 Å². The predicted molar refractivity (Wildman–Crippen MR) is 85.3 cm³/mol. The molecular formula is C16H22N2O4S. The molecule has 2 fully saturated rings. The van der Waals surface area contributed by atoms with Crippen LogP contribution in [0.15, 0.2) is 23.1 Å². The Morgan fingerprint density at radius 2 is 1.87 bits per heavy atom. The van der Waals surface area contributed by atoms with Gasteiger partial charge in [-0.3, -0.25) is 0 Å². The third-order valence-corrected chi connectivity index (χ3v) is 6.89. The lowest BCUT2D eigenvalue weighted by Crippen LogP contribution is -2.43. The molecule has 2 unspecified atom stereocenters. The van der Waals surface area contributed by atoms with Crippen molar-refractivity contribution in [2.45, 2.75) is 17.7 Å². The fourth-order valence-electron chi connectivity index (χ4n) is 3.67. The zero-order valence-corrected chi connectivity index (χ0v) is 13.8. The number of piperidine rings is 1. The molecule has 1 N–H and O–H groups in total. The molecule has 1 aromatic rings. The largest absolute Gasteiger partial charge is 0.490 e. The molecule has 0 saturated carbocycles. The van der Waals surface area contributed by atoms with Gasteiger partial charge in [-0.2, -0.15) is 4.31 Å². The van der Waals surface area contributed by atoms with E-state index in [9.17, 15) is 8.42 Å². The van der Waals surface area contributed by atoms with E-state index in [-0.39, 0.29) is 0 Å². The van der Waals surface area contributed by atoms with Gasteiger partial charge in [0.15, 0.2) is 11.5 Å². The van der Waals surface area contributed by atoms with Gasteiger partial charge in [0, 0.05) is 25.6 Å². The third kappa shape index (κ3) is 2.81. The van der Waals surface area contributed by atoms with Gasteiger partial charge in [0.05, 0.1) is 18.1 Å². The molecule has 0 aromatic heterocycles. The normalized spacial score (nSPS) is 28.2. The van der Waals surface area contributed by atoms with Crippen molar-refractivity contribution in [1.29, 1.82) is 0 Å². The molecule has 0 spiro atoms. The second-order valence-electron chi connectivity index (χ2n) is 6.49. The number of benzene rings is 1. The number of nitrogens with one attached hydrogen (secondary N) is 1. The number of nitrogens with zero attached hydrogens (tertiary/aromatic N) is 1. The van der Waals surface area contributed by atoms with E-state index in [1.54, 1.807) is 22.5 Å². The Kier molecular flexibility index (Phi) is 3.95. The molecule has 0 radical (unpaired) electrons. The van der Waals surface area contributed by atoms with Crippen LogP contribution in [0.3, 0.4) is 0 Å². The highest BCUT2D eigenvalue weighted by Crippen LogP contribution is 2.35. The molecule has 6 nitrogen and oxygen atoms in total. The Labute approximate surface area is 136 Å². The first-order valence-corrected chi connectivity index (χ1v) is 9.69. The number of rotatable bonds is 2. The monoisotopic (exact) mass is 338 g/mol. The van der Waals surface area contributed by atoms with Gasteiger partial charge in [-0.1, -0.05) is 0 Å². The number of fused-ring (bicyclic) bond motifs is 2. The van der Waals surface area contributed by atoms with Crippen molar-refractivity contribution in [3.05, 3.63) is 18.2 Å². The maximum absolute atomic E-state index is 13.0. The second-order valence-corrected chi connectivity index (χ2v) is 8.43. The molecule has 0 amide bonds. The molecule has 0 aliphatic carbocycles. The molecule has 3 aliphatic heterocycles. The van der Waals surface area contributed by atoms with Crippen LogP contribution in [-0.2, 0) is 10.0 Å². The first-order chi connectivity index (χ1) is 11.1. The van der Waals surface area contributed by atoms with Crippen LogP contribution in [0.1, 0.15) is 12.8 Å². The van der Waals surface area contributed by atoms with E-state index in [4.69, 9.17) is 9.47 Å². The summed E-state index contributed by atoms with van der Waals surface area (Å²) in [6.45, 7) is 4.28. The average molecular weight is 338 g/mol. The highest BCUT2D eigenvalue weighted by atomic mass is 32.2. The van der Waals surface area contributed by atoms with E-state index in [0.29, 0.717) is 54.5 Å². The first kappa shape index (κ1) is 15.2. The van der Waals surface area contributed by atoms with E-state index in [0.717, 1.165) is 25.9 Å². The van der Waals surface area contributed by atoms with E-state index in [1.165, 1.54) is 0 Å². The quantitative estimate of drug-likeness (QED) is 0.874. The van der Waals surface area contributed by atoms with Crippen LogP contribution < -0.4 is 14.8 Å². The molecule has 2 atom stereocenters. The Bertz CT molecular complexity index is 691. The number of ether oxygens (including phenoxy) is 2. The summed E-state index contributed by atoms with van der Waals surface area (Å²) >= 11 is 0. The molecule has 0 bridgehead atoms. The lowest BCUT2D eigenvalue weighted by atomic mass is 9.90. The van der Waals surface area contributed by atoms with Crippen molar-refractivity contribution in [2.75, 3.05) is 39.4 Å². The summed E-state index contributed by atoms with van der Waals surface area (Å²) in [7, 11) is -3.48. The zero-order valence-electron chi connectivity index (χ0n) is 13.0. The minimum atomic E-state index is -3.48. The van der Waals surface area contributed by atoms with E-state index in [1.807, 2.05) is 0 Å². The Morgan fingerprint density at radius 3 is 2.74 bits per heavy atom. The molecule has 2 saturated heterocycles. The van der Waals surface area contributed by atoms with Gasteiger partial charge in [-0.25, -0.2) is 8.42 Å². The maximum Gasteiger partial charge on any atom is 0.243 e. The first-order valence-electron chi connectivity index (χ1n) is 8.25. The summed E-state index contributed by atoms with van der Waals surface area (Å²) < 4.78 is 38.7. The van der Waals surface area contributed by atoms with Crippen LogP contribution in [-0.4, -0.2) is 52.1 Å². The van der Waals surface area contributed by atoms with Gasteiger partial charge >= 0.3 is 0 Å². The van der Waals surface area contributed by atoms with E-state index < -0.39 is 10.0 Å². The molecule has 3 aliphatic rings. The maximum atomic E-state index is 13.0. The smallest absolute Gasteiger partial charge is 0.243 e. The van der Waals surface area contributed by atoms with Crippen molar-refractivity contribution in [2.24, 2.45) is 11.8 Å². The molecule has 3 heterocycles. The topological polar surface area (TPSA) is 67.9 Å². The Morgan fingerprint density at radius 1 is 1.09 bits per heavy atom. The van der Waals surface area contributed by atoms with Crippen LogP contribution in [0.4, 0.5) is 0 Å². The van der Waals surface area contributed by atoms with Gasteiger partial charge in [0.25, 0.3) is 0 Å². The number of hydrogen-bond donors (Lipinski definition) is 1. The lowest BCUT2D eigenvalue weighted by Gasteiger charge is -2.33. The SMILES string of the molecule is O=S(=O)(c1ccc2c(c1)OCCCO2)N1CCC2CNCC2C1. The van der Waals surface area contributed by atoms with Gasteiger partial charge in [0.1, 0.15) is 0 Å². The Hall–Kier alpha value is -1.31. The van der Waals surface area contributed by atoms with Gasteiger partial charge in [-0.05, 0) is 43.5 Å². The van der Waals surface area contributed by atoms with Gasteiger partial charge in [0.2, 0.25) is 10.0 Å². The second kappa shape index (κ2) is 5.96. The Balaban J connectivity index is 1.60.